The van der Waals surface area contributed by atoms with E-state index >= 15 is 0 Å². The quantitative estimate of drug-likeness (QED) is 0.529. The van der Waals surface area contributed by atoms with E-state index in [0.29, 0.717) is 5.69 Å². The number of benzene rings is 1. The molecule has 3 N–H and O–H groups in total. The van der Waals surface area contributed by atoms with E-state index in [9.17, 15) is 14.9 Å². The molecule has 7 nitrogen and oxygen atoms in total. The molecule has 0 unspecified atom stereocenters. The molecule has 0 aromatic heterocycles. The molecule has 1 aromatic rings. The van der Waals surface area contributed by atoms with Crippen LogP contribution in [0, 0.1) is 10.1 Å². The van der Waals surface area contributed by atoms with Gasteiger partial charge in [-0.25, -0.2) is 0 Å². The molecule has 0 aliphatic carbocycles. The maximum Gasteiger partial charge on any atom is 0.293 e. The van der Waals surface area contributed by atoms with Crippen LogP contribution >= 0.6 is 0 Å². The minimum Gasteiger partial charge on any atom is -0.374 e. The second-order valence-electron chi connectivity index (χ2n) is 4.07. The lowest BCUT2D eigenvalue weighted by atomic mass is 10.1. The second-order valence-corrected chi connectivity index (χ2v) is 4.07. The second kappa shape index (κ2) is 5.01. The molecule has 96 valence electrons. The fourth-order valence-corrected chi connectivity index (χ4v) is 1.70. The van der Waals surface area contributed by atoms with Crippen LogP contribution in [-0.4, -0.2) is 37.0 Å². The summed E-state index contributed by atoms with van der Waals surface area (Å²) in [5.41, 5.74) is 0.642. The number of hydrogen-bond donors (Lipinski definition) is 3. The van der Waals surface area contributed by atoms with Gasteiger partial charge in [0.1, 0.15) is 5.69 Å². The van der Waals surface area contributed by atoms with E-state index in [1.54, 1.807) is 12.1 Å². The highest BCUT2D eigenvalue weighted by molar-refractivity contribution is 5.95. The molecule has 1 saturated heterocycles. The third-order valence-electron chi connectivity index (χ3n) is 2.82. The van der Waals surface area contributed by atoms with Crippen LogP contribution in [0.1, 0.15) is 10.4 Å². The lowest BCUT2D eigenvalue weighted by Gasteiger charge is -2.28. The van der Waals surface area contributed by atoms with Crippen LogP contribution in [-0.2, 0) is 0 Å². The predicted molar refractivity (Wildman–Crippen MR) is 66.8 cm³/mol. The Labute approximate surface area is 104 Å². The summed E-state index contributed by atoms with van der Waals surface area (Å²) in [5.74, 6) is -0.338. The van der Waals surface area contributed by atoms with Crippen molar-refractivity contribution in [1.82, 2.24) is 10.6 Å². The molecule has 0 spiro atoms. The first-order valence-corrected chi connectivity index (χ1v) is 5.59. The number of nitrogens with one attached hydrogen (secondary N) is 3. The Kier molecular flexibility index (Phi) is 3.42. The molecule has 18 heavy (non-hydrogen) atoms. The molecule has 1 aliphatic heterocycles. The van der Waals surface area contributed by atoms with Crippen molar-refractivity contribution in [2.24, 2.45) is 0 Å². The summed E-state index contributed by atoms with van der Waals surface area (Å²) in [7, 11) is 1.49. The molecule has 0 radical (unpaired) electrons. The Balaban J connectivity index is 2.28. The van der Waals surface area contributed by atoms with Crippen LogP contribution in [0.4, 0.5) is 11.4 Å². The molecule has 1 aliphatic rings. The van der Waals surface area contributed by atoms with Crippen LogP contribution in [0.15, 0.2) is 18.2 Å². The first-order valence-electron chi connectivity index (χ1n) is 5.59. The van der Waals surface area contributed by atoms with Crippen molar-refractivity contribution in [3.63, 3.8) is 0 Å². The third-order valence-corrected chi connectivity index (χ3v) is 2.82. The highest BCUT2D eigenvalue weighted by Gasteiger charge is 2.22. The number of carbonyl (C=O) groups is 1. The molecule has 0 saturated carbocycles. The fourth-order valence-electron chi connectivity index (χ4n) is 1.70. The van der Waals surface area contributed by atoms with Crippen LogP contribution in [0.3, 0.4) is 0 Å². The van der Waals surface area contributed by atoms with Gasteiger partial charge in [0, 0.05) is 31.8 Å². The number of nitro groups is 1. The summed E-state index contributed by atoms with van der Waals surface area (Å²) in [5, 5.41) is 19.6. The zero-order chi connectivity index (χ0) is 13.1. The van der Waals surface area contributed by atoms with Gasteiger partial charge in [-0.1, -0.05) is 0 Å². The lowest BCUT2D eigenvalue weighted by Crippen LogP contribution is -2.51. The lowest BCUT2D eigenvalue weighted by molar-refractivity contribution is -0.384. The smallest absolute Gasteiger partial charge is 0.293 e. The standard InChI is InChI=1S/C11H14N4O3/c1-12-11(16)7-2-3-9(10(4-7)15(17)18)14-8-5-13-6-8/h2-4,8,13-14H,5-6H2,1H3,(H,12,16). The van der Waals surface area contributed by atoms with Gasteiger partial charge in [0.2, 0.25) is 0 Å². The van der Waals surface area contributed by atoms with E-state index in [4.69, 9.17) is 0 Å². The number of carbonyl (C=O) groups excluding carboxylic acids is 1. The molecule has 1 heterocycles. The van der Waals surface area contributed by atoms with Crippen molar-refractivity contribution >= 4 is 17.3 Å². The van der Waals surface area contributed by atoms with Crippen LogP contribution in [0.2, 0.25) is 0 Å². The van der Waals surface area contributed by atoms with E-state index in [2.05, 4.69) is 16.0 Å². The zero-order valence-electron chi connectivity index (χ0n) is 9.90. The van der Waals surface area contributed by atoms with Crippen molar-refractivity contribution < 1.29 is 9.72 Å². The van der Waals surface area contributed by atoms with Crippen LogP contribution in [0.5, 0.6) is 0 Å². The van der Waals surface area contributed by atoms with Crippen molar-refractivity contribution in [3.8, 4) is 0 Å². The first kappa shape index (κ1) is 12.3. The van der Waals surface area contributed by atoms with Gasteiger partial charge in [-0.05, 0) is 12.1 Å². The molecule has 7 heteroatoms. The number of amides is 1. The summed E-state index contributed by atoms with van der Waals surface area (Å²) in [4.78, 5) is 21.9. The average Bonchev–Trinajstić information content (AvgIpc) is 2.32. The minimum atomic E-state index is -0.485. The van der Waals surface area contributed by atoms with Crippen molar-refractivity contribution in [3.05, 3.63) is 33.9 Å². The first-order chi connectivity index (χ1) is 8.61. The fraction of sp³-hybridized carbons (Fsp3) is 0.364. The Morgan fingerprint density at radius 1 is 1.50 bits per heavy atom. The van der Waals surface area contributed by atoms with Gasteiger partial charge in [-0.3, -0.25) is 14.9 Å². The number of anilines is 1. The van der Waals surface area contributed by atoms with E-state index in [1.165, 1.54) is 13.1 Å². The van der Waals surface area contributed by atoms with E-state index in [1.807, 2.05) is 0 Å². The van der Waals surface area contributed by atoms with Gasteiger partial charge in [0.15, 0.2) is 0 Å². The molecule has 0 bridgehead atoms. The summed E-state index contributed by atoms with van der Waals surface area (Å²) >= 11 is 0. The van der Waals surface area contributed by atoms with Crippen molar-refractivity contribution in [2.45, 2.75) is 6.04 Å². The molecular formula is C11H14N4O3. The van der Waals surface area contributed by atoms with E-state index < -0.39 is 4.92 Å². The minimum absolute atomic E-state index is 0.0806. The van der Waals surface area contributed by atoms with E-state index in [0.717, 1.165) is 13.1 Å². The van der Waals surface area contributed by atoms with Gasteiger partial charge < -0.3 is 16.0 Å². The van der Waals surface area contributed by atoms with Gasteiger partial charge in [-0.2, -0.15) is 0 Å². The third kappa shape index (κ3) is 2.40. The van der Waals surface area contributed by atoms with Crippen molar-refractivity contribution in [1.29, 1.82) is 0 Å². The molecule has 1 aromatic carbocycles. The van der Waals surface area contributed by atoms with E-state index in [-0.39, 0.29) is 23.2 Å². The number of nitrogens with zero attached hydrogens (tertiary/aromatic N) is 1. The number of nitro benzene ring substituents is 1. The highest BCUT2D eigenvalue weighted by atomic mass is 16.6. The zero-order valence-corrected chi connectivity index (χ0v) is 9.90. The maximum absolute atomic E-state index is 11.4. The molecule has 1 fully saturated rings. The predicted octanol–water partition coefficient (Wildman–Crippen LogP) is 0.338. The number of rotatable bonds is 4. The summed E-state index contributed by atoms with van der Waals surface area (Å²) in [6, 6.07) is 4.63. The summed E-state index contributed by atoms with van der Waals surface area (Å²) < 4.78 is 0. The maximum atomic E-state index is 11.4. The average molecular weight is 250 g/mol. The largest absolute Gasteiger partial charge is 0.374 e. The number of hydrogen-bond acceptors (Lipinski definition) is 5. The SMILES string of the molecule is CNC(=O)c1ccc(NC2CNC2)c([N+](=O)[O-])c1. The van der Waals surface area contributed by atoms with Crippen LogP contribution in [0.25, 0.3) is 0 Å². The van der Waals surface area contributed by atoms with Gasteiger partial charge in [-0.15, -0.1) is 0 Å². The normalized spacial score (nSPS) is 14.7. The molecule has 2 rings (SSSR count). The van der Waals surface area contributed by atoms with Crippen molar-refractivity contribution in [2.75, 3.05) is 25.5 Å². The van der Waals surface area contributed by atoms with Crippen LogP contribution < -0.4 is 16.0 Å². The molecular weight excluding hydrogens is 236 g/mol. The Hall–Kier alpha value is -2.15. The Bertz CT molecular complexity index is 485. The topological polar surface area (TPSA) is 96.3 Å². The molecule has 0 atom stereocenters. The monoisotopic (exact) mass is 250 g/mol. The molecule has 1 amide bonds. The van der Waals surface area contributed by atoms with Gasteiger partial charge in [0.25, 0.3) is 11.6 Å². The summed E-state index contributed by atoms with van der Waals surface area (Å²) in [6.45, 7) is 1.57. The summed E-state index contributed by atoms with van der Waals surface area (Å²) in [6.07, 6.45) is 0. The Morgan fingerprint density at radius 2 is 2.22 bits per heavy atom. The highest BCUT2D eigenvalue weighted by Crippen LogP contribution is 2.26. The van der Waals surface area contributed by atoms with Gasteiger partial charge >= 0.3 is 0 Å². The van der Waals surface area contributed by atoms with Gasteiger partial charge in [0.05, 0.1) is 11.0 Å². The Morgan fingerprint density at radius 3 is 2.72 bits per heavy atom.